The van der Waals surface area contributed by atoms with E-state index in [1.54, 1.807) is 0 Å². The minimum Gasteiger partial charge on any atom is -0.492 e. The lowest BCUT2D eigenvalue weighted by Crippen LogP contribution is -2.32. The van der Waals surface area contributed by atoms with Crippen LogP contribution in [0.1, 0.15) is 13.3 Å². The van der Waals surface area contributed by atoms with E-state index in [-0.39, 0.29) is 6.17 Å². The fraction of sp³-hybridized carbons (Fsp3) is 0.450. The van der Waals surface area contributed by atoms with E-state index < -0.39 is 0 Å². The van der Waals surface area contributed by atoms with Crippen LogP contribution in [0.5, 0.6) is 5.75 Å². The molecule has 0 saturated carbocycles. The Morgan fingerprint density at radius 1 is 1.28 bits per heavy atom. The molecule has 0 radical (unpaired) electrons. The summed E-state index contributed by atoms with van der Waals surface area (Å²) in [6.45, 7) is 4.77. The lowest BCUT2D eigenvalue weighted by Gasteiger charge is -2.33. The summed E-state index contributed by atoms with van der Waals surface area (Å²) < 4.78 is 5.74. The number of nitrogens with one attached hydrogen (secondary N) is 1. The second-order valence-corrected chi connectivity index (χ2v) is 6.67. The van der Waals surface area contributed by atoms with Gasteiger partial charge in [-0.25, -0.2) is 0 Å². The zero-order valence-corrected chi connectivity index (χ0v) is 15.4. The minimum atomic E-state index is -0.0210. The smallest absolute Gasteiger partial charge is 0.139 e. The van der Waals surface area contributed by atoms with Crippen LogP contribution in [0.4, 0.5) is 5.69 Å². The predicted octanol–water partition coefficient (Wildman–Crippen LogP) is 3.19. The summed E-state index contributed by atoms with van der Waals surface area (Å²) in [6, 6.07) is 8.09. The lowest BCUT2D eigenvalue weighted by atomic mass is 9.96. The molecule has 2 atom stereocenters. The van der Waals surface area contributed by atoms with E-state index in [1.165, 1.54) is 5.70 Å². The average Bonchev–Trinajstić information content (AvgIpc) is 2.62. The van der Waals surface area contributed by atoms with E-state index in [2.05, 4.69) is 51.6 Å². The number of allylic oxidation sites excluding steroid dienone is 2. The Kier molecular flexibility index (Phi) is 5.76. The second kappa shape index (κ2) is 8.21. The summed E-state index contributed by atoms with van der Waals surface area (Å²) in [5.41, 5.74) is 2.40. The summed E-state index contributed by atoms with van der Waals surface area (Å²) >= 11 is 0. The van der Waals surface area contributed by atoms with Crippen molar-refractivity contribution in [3.05, 3.63) is 48.3 Å². The van der Waals surface area contributed by atoms with Gasteiger partial charge in [-0.2, -0.15) is 0 Å². The van der Waals surface area contributed by atoms with Gasteiger partial charge in [0.2, 0.25) is 0 Å². The maximum absolute atomic E-state index is 5.74. The van der Waals surface area contributed by atoms with Crippen LogP contribution in [0.2, 0.25) is 0 Å². The molecule has 0 amide bonds. The SMILES string of the molecule is CCN1C=CCC2C=NC(Nc3ccc(OCCN(C)C)cc3)C=C21. The van der Waals surface area contributed by atoms with Crippen molar-refractivity contribution in [2.45, 2.75) is 19.5 Å². The largest absolute Gasteiger partial charge is 0.492 e. The van der Waals surface area contributed by atoms with Gasteiger partial charge in [0.05, 0.1) is 0 Å². The Hall–Kier alpha value is -2.27. The molecule has 5 nitrogen and oxygen atoms in total. The number of hydrogen-bond donors (Lipinski definition) is 1. The Labute approximate surface area is 150 Å². The average molecular weight is 340 g/mol. The third kappa shape index (κ3) is 4.63. The van der Waals surface area contributed by atoms with Gasteiger partial charge in [-0.15, -0.1) is 0 Å². The molecule has 1 aromatic carbocycles. The number of fused-ring (bicyclic) bond motifs is 1. The summed E-state index contributed by atoms with van der Waals surface area (Å²) in [5, 5.41) is 3.47. The normalized spacial score (nSPS) is 21.9. The van der Waals surface area contributed by atoms with Crippen molar-refractivity contribution in [1.82, 2.24) is 9.80 Å². The Morgan fingerprint density at radius 3 is 2.80 bits per heavy atom. The first-order chi connectivity index (χ1) is 12.2. The zero-order chi connectivity index (χ0) is 17.6. The van der Waals surface area contributed by atoms with Crippen LogP contribution < -0.4 is 10.1 Å². The van der Waals surface area contributed by atoms with Crippen molar-refractivity contribution < 1.29 is 4.74 Å². The van der Waals surface area contributed by atoms with E-state index >= 15 is 0 Å². The van der Waals surface area contributed by atoms with Crippen molar-refractivity contribution in [2.75, 3.05) is 39.1 Å². The molecule has 25 heavy (non-hydrogen) atoms. The molecule has 0 saturated heterocycles. The van der Waals surface area contributed by atoms with Gasteiger partial charge >= 0.3 is 0 Å². The van der Waals surface area contributed by atoms with Crippen LogP contribution in [-0.2, 0) is 0 Å². The maximum atomic E-state index is 5.74. The molecule has 134 valence electrons. The number of nitrogens with zero attached hydrogens (tertiary/aromatic N) is 3. The topological polar surface area (TPSA) is 40.1 Å². The molecule has 3 rings (SSSR count). The number of rotatable bonds is 7. The monoisotopic (exact) mass is 340 g/mol. The van der Waals surface area contributed by atoms with E-state index in [1.807, 2.05) is 38.4 Å². The predicted molar refractivity (Wildman–Crippen MR) is 104 cm³/mol. The van der Waals surface area contributed by atoms with Crippen molar-refractivity contribution in [3.8, 4) is 5.75 Å². The van der Waals surface area contributed by atoms with E-state index in [9.17, 15) is 0 Å². The Morgan fingerprint density at radius 2 is 2.08 bits per heavy atom. The molecule has 0 aliphatic carbocycles. The van der Waals surface area contributed by atoms with Crippen molar-refractivity contribution in [2.24, 2.45) is 10.9 Å². The molecule has 1 N–H and O–H groups in total. The van der Waals surface area contributed by atoms with E-state index in [0.29, 0.717) is 12.5 Å². The van der Waals surface area contributed by atoms with Gasteiger partial charge in [-0.1, -0.05) is 6.08 Å². The number of ether oxygens (including phenoxy) is 1. The molecule has 2 unspecified atom stereocenters. The van der Waals surface area contributed by atoms with Gasteiger partial charge in [-0.05, 0) is 64.0 Å². The zero-order valence-electron chi connectivity index (χ0n) is 15.4. The Bertz CT molecular complexity index is 648. The molecular formula is C20H28N4O. The van der Waals surface area contributed by atoms with Gasteiger partial charge in [-0.3, -0.25) is 4.99 Å². The fourth-order valence-corrected chi connectivity index (χ4v) is 3.04. The van der Waals surface area contributed by atoms with Crippen LogP contribution in [0.25, 0.3) is 0 Å². The third-order valence-corrected chi connectivity index (χ3v) is 4.46. The first-order valence-electron chi connectivity index (χ1n) is 8.98. The Balaban J connectivity index is 1.59. The molecule has 5 heteroatoms. The molecule has 1 aromatic rings. The van der Waals surface area contributed by atoms with Gasteiger partial charge in [0.25, 0.3) is 0 Å². The summed E-state index contributed by atoms with van der Waals surface area (Å²) in [4.78, 5) is 9.07. The molecule has 0 aromatic heterocycles. The third-order valence-electron chi connectivity index (χ3n) is 4.46. The quantitative estimate of drug-likeness (QED) is 0.827. The molecular weight excluding hydrogens is 312 g/mol. The number of hydrogen-bond acceptors (Lipinski definition) is 5. The van der Waals surface area contributed by atoms with Crippen molar-refractivity contribution in [1.29, 1.82) is 0 Å². The fourth-order valence-electron chi connectivity index (χ4n) is 3.04. The highest BCUT2D eigenvalue weighted by Crippen LogP contribution is 2.28. The van der Waals surface area contributed by atoms with Crippen LogP contribution in [0, 0.1) is 5.92 Å². The van der Waals surface area contributed by atoms with E-state index in [0.717, 1.165) is 30.9 Å². The summed E-state index contributed by atoms with van der Waals surface area (Å²) in [7, 11) is 4.09. The molecule has 2 heterocycles. The van der Waals surface area contributed by atoms with E-state index in [4.69, 9.17) is 4.74 Å². The maximum Gasteiger partial charge on any atom is 0.139 e. The number of aliphatic imine (C=N–C) groups is 1. The van der Waals surface area contributed by atoms with Crippen LogP contribution >= 0.6 is 0 Å². The van der Waals surface area contributed by atoms with Gasteiger partial charge in [0.1, 0.15) is 18.5 Å². The highest BCUT2D eigenvalue weighted by Gasteiger charge is 2.24. The highest BCUT2D eigenvalue weighted by atomic mass is 16.5. The lowest BCUT2D eigenvalue weighted by molar-refractivity contribution is 0.261. The van der Waals surface area contributed by atoms with Gasteiger partial charge in [0.15, 0.2) is 0 Å². The summed E-state index contributed by atoms with van der Waals surface area (Å²) in [5.74, 6) is 1.31. The van der Waals surface area contributed by atoms with Crippen LogP contribution in [-0.4, -0.2) is 56.0 Å². The second-order valence-electron chi connectivity index (χ2n) is 6.67. The highest BCUT2D eigenvalue weighted by molar-refractivity contribution is 5.69. The van der Waals surface area contributed by atoms with Gasteiger partial charge in [0, 0.05) is 36.6 Å². The van der Waals surface area contributed by atoms with Crippen LogP contribution in [0.15, 0.2) is 53.3 Å². The first kappa shape index (κ1) is 17.5. The van der Waals surface area contributed by atoms with Gasteiger partial charge < -0.3 is 19.9 Å². The molecule has 2 aliphatic rings. The van der Waals surface area contributed by atoms with Crippen LogP contribution in [0.3, 0.4) is 0 Å². The number of likely N-dealkylation sites (N-methyl/N-ethyl adjacent to an activating group) is 1. The molecule has 2 aliphatic heterocycles. The summed E-state index contributed by atoms with van der Waals surface area (Å²) in [6.07, 6.45) is 9.74. The number of benzene rings is 1. The standard InChI is InChI=1S/C20H28N4O/c1-4-24-11-5-6-16-15-21-20(14-19(16)24)22-17-7-9-18(10-8-17)25-13-12-23(2)3/h5,7-11,14-16,20,22H,4,6,12-13H2,1-3H3. The minimum absolute atomic E-state index is 0.0210. The van der Waals surface area contributed by atoms with Crippen molar-refractivity contribution in [3.63, 3.8) is 0 Å². The molecule has 0 bridgehead atoms. The molecule has 0 spiro atoms. The first-order valence-corrected chi connectivity index (χ1v) is 8.98. The number of anilines is 1. The number of dihydropyridines is 1. The molecule has 0 fully saturated rings. The van der Waals surface area contributed by atoms with Crippen molar-refractivity contribution >= 4 is 11.9 Å².